The largest absolute Gasteiger partial charge is 0.469 e. The second-order valence-electron chi connectivity index (χ2n) is 6.19. The summed E-state index contributed by atoms with van der Waals surface area (Å²) in [6.07, 6.45) is 3.48. The maximum atomic E-state index is 11.6. The second kappa shape index (κ2) is 9.75. The van der Waals surface area contributed by atoms with Crippen LogP contribution < -0.4 is 5.32 Å². The number of carbonyl (C=O) groups is 1. The number of halogens is 1. The third-order valence-corrected chi connectivity index (χ3v) is 4.70. The number of ether oxygens (including phenoxy) is 1. The third-order valence-electron chi connectivity index (χ3n) is 4.70. The Morgan fingerprint density at radius 3 is 2.77 bits per heavy atom. The van der Waals surface area contributed by atoms with Crippen molar-refractivity contribution in [2.24, 2.45) is 10.9 Å². The Bertz CT molecular complexity index is 753. The average Bonchev–Trinajstić information content (AvgIpc) is 3.08. The maximum Gasteiger partial charge on any atom is 0.308 e. The van der Waals surface area contributed by atoms with Gasteiger partial charge in [0, 0.05) is 33.2 Å². The van der Waals surface area contributed by atoms with Crippen LogP contribution in [0.25, 0.3) is 11.0 Å². The molecule has 26 heavy (non-hydrogen) atoms. The molecule has 142 valence electrons. The fourth-order valence-corrected chi connectivity index (χ4v) is 3.30. The first-order chi connectivity index (χ1) is 12.2. The van der Waals surface area contributed by atoms with Crippen molar-refractivity contribution in [3.05, 3.63) is 30.6 Å². The van der Waals surface area contributed by atoms with Crippen LogP contribution in [0.3, 0.4) is 0 Å². The van der Waals surface area contributed by atoms with Crippen molar-refractivity contribution >= 4 is 46.9 Å². The molecule has 0 unspecified atom stereocenters. The predicted octanol–water partition coefficient (Wildman–Crippen LogP) is 2.11. The van der Waals surface area contributed by atoms with E-state index in [1.54, 1.807) is 7.05 Å². The molecule has 0 bridgehead atoms. The average molecular weight is 471 g/mol. The van der Waals surface area contributed by atoms with E-state index in [0.717, 1.165) is 56.0 Å². The van der Waals surface area contributed by atoms with Crippen molar-refractivity contribution in [2.45, 2.75) is 19.4 Å². The molecule has 1 fully saturated rings. The lowest BCUT2D eigenvalue weighted by atomic mass is 9.97. The summed E-state index contributed by atoms with van der Waals surface area (Å²) in [4.78, 5) is 22.6. The summed E-state index contributed by atoms with van der Waals surface area (Å²) >= 11 is 0. The molecule has 2 heterocycles. The van der Waals surface area contributed by atoms with Crippen LogP contribution in [0, 0.1) is 5.92 Å². The molecule has 1 aliphatic rings. The molecule has 1 aromatic carbocycles. The van der Waals surface area contributed by atoms with E-state index in [9.17, 15) is 4.79 Å². The van der Waals surface area contributed by atoms with Crippen LogP contribution in [-0.4, -0.2) is 60.2 Å². The number of rotatable bonds is 4. The number of likely N-dealkylation sites (tertiary alicyclic amines) is 1. The van der Waals surface area contributed by atoms with Gasteiger partial charge < -0.3 is 19.5 Å². The highest BCUT2D eigenvalue weighted by Crippen LogP contribution is 2.18. The predicted molar refractivity (Wildman–Crippen MR) is 113 cm³/mol. The van der Waals surface area contributed by atoms with Gasteiger partial charge in [0.1, 0.15) is 0 Å². The molecule has 3 rings (SSSR count). The molecule has 1 saturated heterocycles. The van der Waals surface area contributed by atoms with E-state index in [4.69, 9.17) is 4.74 Å². The number of imidazole rings is 1. The smallest absolute Gasteiger partial charge is 0.308 e. The van der Waals surface area contributed by atoms with Crippen molar-refractivity contribution in [3.63, 3.8) is 0 Å². The summed E-state index contributed by atoms with van der Waals surface area (Å²) in [6, 6.07) is 8.12. The molecular formula is C18H26IN5O2. The lowest BCUT2D eigenvalue weighted by Crippen LogP contribution is -2.47. The highest BCUT2D eigenvalue weighted by molar-refractivity contribution is 14.0. The number of carbonyl (C=O) groups excluding carboxylic acids is 1. The summed E-state index contributed by atoms with van der Waals surface area (Å²) in [7, 11) is 3.25. The van der Waals surface area contributed by atoms with E-state index in [-0.39, 0.29) is 35.9 Å². The minimum absolute atomic E-state index is 0. The lowest BCUT2D eigenvalue weighted by molar-refractivity contribution is -0.146. The second-order valence-corrected chi connectivity index (χ2v) is 6.19. The number of guanidine groups is 1. The highest BCUT2D eigenvalue weighted by Gasteiger charge is 2.26. The zero-order chi connectivity index (χ0) is 17.6. The number of aliphatic imine (C=N–C) groups is 1. The van der Waals surface area contributed by atoms with Crippen molar-refractivity contribution in [2.75, 3.05) is 33.8 Å². The number of hydrogen-bond donors (Lipinski definition) is 1. The van der Waals surface area contributed by atoms with Crippen LogP contribution in [0.4, 0.5) is 0 Å². The van der Waals surface area contributed by atoms with Gasteiger partial charge in [0.25, 0.3) is 0 Å². The molecule has 8 heteroatoms. The Morgan fingerprint density at radius 1 is 1.35 bits per heavy atom. The van der Waals surface area contributed by atoms with E-state index >= 15 is 0 Å². The van der Waals surface area contributed by atoms with E-state index in [1.807, 2.05) is 24.5 Å². The molecule has 0 amide bonds. The minimum atomic E-state index is -0.102. The van der Waals surface area contributed by atoms with Gasteiger partial charge in [-0.15, -0.1) is 24.0 Å². The van der Waals surface area contributed by atoms with Crippen LogP contribution in [0.15, 0.2) is 35.6 Å². The first kappa shape index (κ1) is 20.5. The maximum absolute atomic E-state index is 11.6. The van der Waals surface area contributed by atoms with Crippen molar-refractivity contribution in [1.29, 1.82) is 0 Å². The lowest BCUT2D eigenvalue weighted by Gasteiger charge is -2.33. The normalized spacial score (nSPS) is 15.6. The summed E-state index contributed by atoms with van der Waals surface area (Å²) in [6.45, 7) is 3.21. The summed E-state index contributed by atoms with van der Waals surface area (Å²) < 4.78 is 6.98. The quantitative estimate of drug-likeness (QED) is 0.320. The van der Waals surface area contributed by atoms with Gasteiger partial charge in [-0.05, 0) is 25.0 Å². The van der Waals surface area contributed by atoms with Gasteiger partial charge in [0.2, 0.25) is 0 Å². The van der Waals surface area contributed by atoms with Gasteiger partial charge in [-0.3, -0.25) is 9.79 Å². The van der Waals surface area contributed by atoms with Gasteiger partial charge in [-0.25, -0.2) is 4.98 Å². The molecule has 0 atom stereocenters. The summed E-state index contributed by atoms with van der Waals surface area (Å²) in [5.74, 6) is 0.791. The molecule has 0 spiro atoms. The van der Waals surface area contributed by atoms with Gasteiger partial charge in [0.05, 0.1) is 30.4 Å². The van der Waals surface area contributed by atoms with E-state index in [0.29, 0.717) is 0 Å². The number of piperidine rings is 1. The fourth-order valence-electron chi connectivity index (χ4n) is 3.30. The monoisotopic (exact) mass is 471 g/mol. The molecule has 1 aromatic heterocycles. The van der Waals surface area contributed by atoms with Crippen LogP contribution in [0.2, 0.25) is 0 Å². The zero-order valence-electron chi connectivity index (χ0n) is 15.2. The van der Waals surface area contributed by atoms with Crippen LogP contribution >= 0.6 is 24.0 Å². The van der Waals surface area contributed by atoms with Crippen LogP contribution in [-0.2, 0) is 16.1 Å². The molecule has 1 aliphatic heterocycles. The molecular weight excluding hydrogens is 445 g/mol. The van der Waals surface area contributed by atoms with Crippen molar-refractivity contribution in [1.82, 2.24) is 19.8 Å². The number of benzene rings is 1. The first-order valence-corrected chi connectivity index (χ1v) is 8.66. The van der Waals surface area contributed by atoms with E-state index < -0.39 is 0 Å². The topological polar surface area (TPSA) is 71.8 Å². The number of nitrogens with one attached hydrogen (secondary N) is 1. The molecule has 2 aromatic rings. The molecule has 0 aliphatic carbocycles. The van der Waals surface area contributed by atoms with Gasteiger partial charge in [-0.2, -0.15) is 0 Å². The van der Waals surface area contributed by atoms with Crippen molar-refractivity contribution < 1.29 is 9.53 Å². The van der Waals surface area contributed by atoms with Gasteiger partial charge in [0.15, 0.2) is 5.96 Å². The molecule has 0 radical (unpaired) electrons. The Labute approximate surface area is 170 Å². The Hall–Kier alpha value is -1.84. The Morgan fingerprint density at radius 2 is 2.08 bits per heavy atom. The van der Waals surface area contributed by atoms with Crippen molar-refractivity contribution in [3.8, 4) is 0 Å². The van der Waals surface area contributed by atoms with Gasteiger partial charge in [-0.1, -0.05) is 12.1 Å². The number of para-hydroxylation sites is 2. The standard InChI is InChI=1S/C18H25N5O2.HI/c1-19-18(22-10-7-14(8-11-22)17(24)25-2)20-9-12-23-13-21-15-5-3-4-6-16(15)23;/h3-6,13-14H,7-12H2,1-2H3,(H,19,20);1H. The molecule has 7 nitrogen and oxygen atoms in total. The Kier molecular flexibility index (Phi) is 7.67. The molecule has 0 saturated carbocycles. The number of nitrogens with zero attached hydrogens (tertiary/aromatic N) is 4. The zero-order valence-corrected chi connectivity index (χ0v) is 17.6. The van der Waals surface area contributed by atoms with Crippen LogP contribution in [0.1, 0.15) is 12.8 Å². The highest BCUT2D eigenvalue weighted by atomic mass is 127. The SMILES string of the molecule is CN=C(NCCn1cnc2ccccc21)N1CCC(C(=O)OC)CC1.I. The fraction of sp³-hybridized carbons (Fsp3) is 0.500. The number of aromatic nitrogens is 2. The first-order valence-electron chi connectivity index (χ1n) is 8.66. The van der Waals surface area contributed by atoms with Crippen LogP contribution in [0.5, 0.6) is 0 Å². The van der Waals surface area contributed by atoms with E-state index in [2.05, 4.69) is 30.8 Å². The summed E-state index contributed by atoms with van der Waals surface area (Å²) in [5, 5.41) is 3.41. The number of fused-ring (bicyclic) bond motifs is 1. The third kappa shape index (κ3) is 4.66. The Balaban J connectivity index is 0.00000243. The number of esters is 1. The number of methoxy groups -OCH3 is 1. The number of hydrogen-bond acceptors (Lipinski definition) is 4. The summed E-state index contributed by atoms with van der Waals surface area (Å²) in [5.41, 5.74) is 2.15. The van der Waals surface area contributed by atoms with E-state index in [1.165, 1.54) is 7.11 Å². The molecule has 1 N–H and O–H groups in total. The van der Waals surface area contributed by atoms with Gasteiger partial charge >= 0.3 is 5.97 Å². The minimum Gasteiger partial charge on any atom is -0.469 e.